The van der Waals surface area contributed by atoms with Gasteiger partial charge in [0, 0.05) is 18.5 Å². The number of carbonyl (C=O) groups excluding carboxylic acids is 3. The summed E-state index contributed by atoms with van der Waals surface area (Å²) in [6.45, 7) is 1.35. The molecule has 0 radical (unpaired) electrons. The van der Waals surface area contributed by atoms with Crippen molar-refractivity contribution in [3.63, 3.8) is 0 Å². The number of carbonyl (C=O) groups is 3. The highest BCUT2D eigenvalue weighted by Gasteiger charge is 2.27. The van der Waals surface area contributed by atoms with Gasteiger partial charge in [-0.3, -0.25) is 15.4 Å². The van der Waals surface area contributed by atoms with Gasteiger partial charge in [-0.25, -0.2) is 9.59 Å². The molecule has 0 heterocycles. The van der Waals surface area contributed by atoms with E-state index in [4.69, 9.17) is 19.6 Å². The standard InChI is InChI=1S/C30H31N3O7/c1-20(34)33(37)28(31)22-11-15-24(16-12-22)39-27-10-6-5-9-26(27)29(35)40-25-17-13-23(14-18-25)32-30(36)38-19-21-7-3-2-4-8-21/h2-12,15-16,23,25,31,37H,13-14,17-19H2,1H3,(H,32,36). The molecule has 10 nitrogen and oxygen atoms in total. The van der Waals surface area contributed by atoms with Crippen molar-refractivity contribution in [3.05, 3.63) is 95.6 Å². The predicted octanol–water partition coefficient (Wildman–Crippen LogP) is 5.44. The van der Waals surface area contributed by atoms with Crippen LogP contribution in [0.25, 0.3) is 0 Å². The Labute approximate surface area is 231 Å². The highest BCUT2D eigenvalue weighted by atomic mass is 16.6. The van der Waals surface area contributed by atoms with Gasteiger partial charge in [0.25, 0.3) is 0 Å². The van der Waals surface area contributed by atoms with Crippen LogP contribution in [0.1, 0.15) is 54.1 Å². The maximum atomic E-state index is 13.0. The van der Waals surface area contributed by atoms with Gasteiger partial charge in [-0.15, -0.1) is 0 Å². The molecule has 4 rings (SSSR count). The van der Waals surface area contributed by atoms with Crippen molar-refractivity contribution in [1.29, 1.82) is 5.41 Å². The maximum absolute atomic E-state index is 13.0. The monoisotopic (exact) mass is 545 g/mol. The quantitative estimate of drug-likeness (QED) is 0.113. The molecule has 1 fully saturated rings. The zero-order valence-electron chi connectivity index (χ0n) is 22.0. The smallest absolute Gasteiger partial charge is 0.407 e. The largest absolute Gasteiger partial charge is 0.459 e. The summed E-state index contributed by atoms with van der Waals surface area (Å²) in [4.78, 5) is 36.4. The summed E-state index contributed by atoms with van der Waals surface area (Å²) in [7, 11) is 0. The number of hydroxylamine groups is 2. The Bertz CT molecular complexity index is 1340. The molecule has 0 atom stereocenters. The van der Waals surface area contributed by atoms with Gasteiger partial charge in [0.15, 0.2) is 5.84 Å². The van der Waals surface area contributed by atoms with E-state index in [0.717, 1.165) is 12.5 Å². The lowest BCUT2D eigenvalue weighted by Crippen LogP contribution is -2.39. The molecular formula is C30H31N3O7. The van der Waals surface area contributed by atoms with E-state index < -0.39 is 18.0 Å². The van der Waals surface area contributed by atoms with Crippen molar-refractivity contribution >= 4 is 23.8 Å². The second kappa shape index (κ2) is 13.4. The molecule has 40 heavy (non-hydrogen) atoms. The van der Waals surface area contributed by atoms with Crippen LogP contribution in [0.4, 0.5) is 4.79 Å². The molecule has 0 saturated heterocycles. The molecule has 0 unspecified atom stereocenters. The van der Waals surface area contributed by atoms with Crippen LogP contribution in [0.5, 0.6) is 11.5 Å². The Hall–Kier alpha value is -4.70. The lowest BCUT2D eigenvalue weighted by atomic mass is 9.93. The number of ether oxygens (including phenoxy) is 3. The number of nitrogens with zero attached hydrogens (tertiary/aromatic N) is 1. The fraction of sp³-hybridized carbons (Fsp3) is 0.267. The first kappa shape index (κ1) is 28.3. The summed E-state index contributed by atoms with van der Waals surface area (Å²) in [6.07, 6.45) is 1.78. The van der Waals surface area contributed by atoms with Crippen molar-refractivity contribution in [2.45, 2.75) is 51.4 Å². The van der Waals surface area contributed by atoms with E-state index in [1.807, 2.05) is 30.3 Å². The van der Waals surface area contributed by atoms with E-state index >= 15 is 0 Å². The van der Waals surface area contributed by atoms with Crippen molar-refractivity contribution in [3.8, 4) is 11.5 Å². The minimum Gasteiger partial charge on any atom is -0.459 e. The number of rotatable bonds is 8. The van der Waals surface area contributed by atoms with Gasteiger partial charge < -0.3 is 19.5 Å². The zero-order chi connectivity index (χ0) is 28.5. The Morgan fingerprint density at radius 2 is 1.57 bits per heavy atom. The zero-order valence-corrected chi connectivity index (χ0v) is 22.0. The number of alkyl carbamates (subject to hydrolysis) is 1. The average Bonchev–Trinajstić information content (AvgIpc) is 2.97. The van der Waals surface area contributed by atoms with Crippen molar-refractivity contribution in [1.82, 2.24) is 10.4 Å². The normalized spacial score (nSPS) is 16.4. The number of amidine groups is 1. The second-order valence-corrected chi connectivity index (χ2v) is 9.39. The van der Waals surface area contributed by atoms with Crippen LogP contribution >= 0.6 is 0 Å². The molecule has 1 aliphatic rings. The molecule has 1 saturated carbocycles. The van der Waals surface area contributed by atoms with Gasteiger partial charge in [-0.1, -0.05) is 42.5 Å². The molecule has 2 amide bonds. The van der Waals surface area contributed by atoms with E-state index in [9.17, 15) is 19.6 Å². The number of nitrogens with one attached hydrogen (secondary N) is 2. The third kappa shape index (κ3) is 7.67. The van der Waals surface area contributed by atoms with Crippen LogP contribution in [-0.4, -0.2) is 46.2 Å². The Morgan fingerprint density at radius 3 is 2.25 bits per heavy atom. The summed E-state index contributed by atoms with van der Waals surface area (Å²) in [5.74, 6) is -0.847. The van der Waals surface area contributed by atoms with Crippen molar-refractivity contribution in [2.75, 3.05) is 0 Å². The molecule has 0 aliphatic heterocycles. The predicted molar refractivity (Wildman–Crippen MR) is 145 cm³/mol. The van der Waals surface area contributed by atoms with Gasteiger partial charge in [0.1, 0.15) is 29.8 Å². The van der Waals surface area contributed by atoms with Gasteiger partial charge in [0.2, 0.25) is 5.91 Å². The number of hydrogen-bond donors (Lipinski definition) is 3. The molecule has 3 aromatic rings. The lowest BCUT2D eigenvalue weighted by molar-refractivity contribution is -0.146. The Morgan fingerprint density at radius 1 is 0.925 bits per heavy atom. The van der Waals surface area contributed by atoms with Gasteiger partial charge in [-0.05, 0) is 67.6 Å². The van der Waals surface area contributed by atoms with Gasteiger partial charge in [0.05, 0.1) is 0 Å². The summed E-state index contributed by atoms with van der Waals surface area (Å²) < 4.78 is 17.0. The van der Waals surface area contributed by atoms with E-state index in [2.05, 4.69) is 5.32 Å². The van der Waals surface area contributed by atoms with E-state index in [0.29, 0.717) is 42.7 Å². The van der Waals surface area contributed by atoms with E-state index in [1.165, 1.54) is 12.1 Å². The molecule has 208 valence electrons. The molecule has 0 spiro atoms. The molecule has 0 aromatic heterocycles. The molecular weight excluding hydrogens is 514 g/mol. The average molecular weight is 546 g/mol. The fourth-order valence-electron chi connectivity index (χ4n) is 4.28. The number of benzene rings is 3. The number of esters is 1. The molecule has 3 aromatic carbocycles. The highest BCUT2D eigenvalue weighted by Crippen LogP contribution is 2.28. The van der Waals surface area contributed by atoms with E-state index in [-0.39, 0.29) is 35.2 Å². The SMILES string of the molecule is CC(=O)N(O)C(=N)c1ccc(Oc2ccccc2C(=O)OC2CCC(NC(=O)OCc3ccccc3)CC2)cc1. The molecule has 3 N–H and O–H groups in total. The third-order valence-corrected chi connectivity index (χ3v) is 6.46. The summed E-state index contributed by atoms with van der Waals surface area (Å²) in [5.41, 5.74) is 1.49. The Balaban J connectivity index is 1.27. The topological polar surface area (TPSA) is 138 Å². The van der Waals surface area contributed by atoms with Gasteiger partial charge in [-0.2, -0.15) is 5.06 Å². The highest BCUT2D eigenvalue weighted by molar-refractivity contribution is 6.04. The number of hydrogen-bond acceptors (Lipinski definition) is 8. The summed E-state index contributed by atoms with van der Waals surface area (Å²) in [5, 5.41) is 20.7. The second-order valence-electron chi connectivity index (χ2n) is 9.39. The van der Waals surface area contributed by atoms with Crippen LogP contribution in [0.2, 0.25) is 0 Å². The maximum Gasteiger partial charge on any atom is 0.407 e. The molecule has 0 bridgehead atoms. The third-order valence-electron chi connectivity index (χ3n) is 6.46. The summed E-state index contributed by atoms with van der Waals surface area (Å²) >= 11 is 0. The van der Waals surface area contributed by atoms with Crippen molar-refractivity contribution < 1.29 is 33.8 Å². The first-order valence-corrected chi connectivity index (χ1v) is 12.9. The number of para-hydroxylation sites is 1. The van der Waals surface area contributed by atoms with Crippen LogP contribution in [0.15, 0.2) is 78.9 Å². The van der Waals surface area contributed by atoms with Gasteiger partial charge >= 0.3 is 12.1 Å². The molecule has 10 heteroatoms. The Kier molecular flexibility index (Phi) is 9.48. The fourth-order valence-corrected chi connectivity index (χ4v) is 4.28. The minimum atomic E-state index is -0.677. The van der Waals surface area contributed by atoms with Crippen molar-refractivity contribution in [2.24, 2.45) is 0 Å². The minimum absolute atomic E-state index is 0.0494. The van der Waals surface area contributed by atoms with Crippen LogP contribution in [0, 0.1) is 5.41 Å². The number of amides is 2. The van der Waals surface area contributed by atoms with Crippen LogP contribution in [0.3, 0.4) is 0 Å². The summed E-state index contributed by atoms with van der Waals surface area (Å²) in [6, 6.07) is 22.3. The molecule has 1 aliphatic carbocycles. The van der Waals surface area contributed by atoms with Crippen LogP contribution in [-0.2, 0) is 20.9 Å². The first-order valence-electron chi connectivity index (χ1n) is 12.9. The first-order chi connectivity index (χ1) is 19.3. The van der Waals surface area contributed by atoms with E-state index in [1.54, 1.807) is 36.4 Å². The lowest BCUT2D eigenvalue weighted by Gasteiger charge is -2.28. The van der Waals surface area contributed by atoms with Crippen LogP contribution < -0.4 is 10.1 Å².